The van der Waals surface area contributed by atoms with Gasteiger partial charge in [0.15, 0.2) is 0 Å². The maximum Gasteiger partial charge on any atom is 0.0699 e. The minimum atomic E-state index is -0.429. The molecule has 2 aliphatic rings. The summed E-state index contributed by atoms with van der Waals surface area (Å²) in [6.45, 7) is 4.51. The SMILES string of the molecule is CCOC1CC(O)(CC2CCOCC2)C1. The molecule has 0 radical (unpaired) electrons. The summed E-state index contributed by atoms with van der Waals surface area (Å²) < 4.78 is 10.8. The van der Waals surface area contributed by atoms with Crippen LogP contribution in [0.3, 0.4) is 0 Å². The quantitative estimate of drug-likeness (QED) is 0.774. The van der Waals surface area contributed by atoms with Gasteiger partial charge in [-0.15, -0.1) is 0 Å². The van der Waals surface area contributed by atoms with E-state index in [0.29, 0.717) is 12.0 Å². The molecular weight excluding hydrogens is 192 g/mol. The standard InChI is InChI=1S/C12H22O3/c1-2-15-11-8-12(13,9-11)7-10-3-5-14-6-4-10/h10-11,13H,2-9H2,1H3. The number of rotatable bonds is 4. The summed E-state index contributed by atoms with van der Waals surface area (Å²) in [5, 5.41) is 10.2. The van der Waals surface area contributed by atoms with Crippen molar-refractivity contribution in [3.8, 4) is 0 Å². The monoisotopic (exact) mass is 214 g/mol. The van der Waals surface area contributed by atoms with Crippen LogP contribution in [0.5, 0.6) is 0 Å². The Balaban J connectivity index is 1.70. The lowest BCUT2D eigenvalue weighted by Crippen LogP contribution is -2.49. The highest BCUT2D eigenvalue weighted by Crippen LogP contribution is 2.41. The van der Waals surface area contributed by atoms with Gasteiger partial charge >= 0.3 is 0 Å². The predicted octanol–water partition coefficient (Wildman–Crippen LogP) is 1.73. The van der Waals surface area contributed by atoms with E-state index in [-0.39, 0.29) is 0 Å². The number of ether oxygens (including phenoxy) is 2. The summed E-state index contributed by atoms with van der Waals surface area (Å²) in [5.41, 5.74) is -0.429. The van der Waals surface area contributed by atoms with E-state index in [9.17, 15) is 5.11 Å². The maximum absolute atomic E-state index is 10.2. The second-order valence-electron chi connectivity index (χ2n) is 4.97. The molecule has 1 saturated carbocycles. The molecule has 0 aromatic rings. The highest BCUT2D eigenvalue weighted by molar-refractivity contribution is 4.96. The fourth-order valence-corrected chi connectivity index (χ4v) is 2.80. The van der Waals surface area contributed by atoms with E-state index >= 15 is 0 Å². The van der Waals surface area contributed by atoms with E-state index in [1.165, 1.54) is 0 Å². The second-order valence-corrected chi connectivity index (χ2v) is 4.97. The van der Waals surface area contributed by atoms with Gasteiger partial charge < -0.3 is 14.6 Å². The predicted molar refractivity (Wildman–Crippen MR) is 57.8 cm³/mol. The lowest BCUT2D eigenvalue weighted by molar-refractivity contribution is -0.150. The fourth-order valence-electron chi connectivity index (χ4n) is 2.80. The molecule has 2 fully saturated rings. The Morgan fingerprint density at radius 2 is 2.00 bits per heavy atom. The molecule has 1 aliphatic carbocycles. The molecule has 2 rings (SSSR count). The molecule has 3 nitrogen and oxygen atoms in total. The molecule has 0 bridgehead atoms. The van der Waals surface area contributed by atoms with Gasteiger partial charge in [0.05, 0.1) is 11.7 Å². The van der Waals surface area contributed by atoms with Crippen LogP contribution in [0.1, 0.15) is 39.0 Å². The molecule has 15 heavy (non-hydrogen) atoms. The summed E-state index contributed by atoms with van der Waals surface area (Å²) in [5.74, 6) is 0.659. The summed E-state index contributed by atoms with van der Waals surface area (Å²) in [6, 6.07) is 0. The molecular formula is C12H22O3. The minimum absolute atomic E-state index is 0.305. The molecule has 0 aromatic heterocycles. The van der Waals surface area contributed by atoms with Crippen LogP contribution in [0.2, 0.25) is 0 Å². The Morgan fingerprint density at radius 3 is 2.60 bits per heavy atom. The van der Waals surface area contributed by atoms with Gasteiger partial charge in [-0.05, 0) is 32.1 Å². The largest absolute Gasteiger partial charge is 0.390 e. The van der Waals surface area contributed by atoms with Crippen LogP contribution < -0.4 is 0 Å². The van der Waals surface area contributed by atoms with E-state index in [2.05, 4.69) is 0 Å². The first-order chi connectivity index (χ1) is 7.22. The molecule has 0 unspecified atom stereocenters. The lowest BCUT2D eigenvalue weighted by Gasteiger charge is -2.45. The molecule has 1 saturated heterocycles. The molecule has 0 amide bonds. The van der Waals surface area contributed by atoms with Crippen LogP contribution >= 0.6 is 0 Å². The van der Waals surface area contributed by atoms with Crippen molar-refractivity contribution in [1.29, 1.82) is 0 Å². The van der Waals surface area contributed by atoms with E-state index in [1.54, 1.807) is 0 Å². The molecule has 88 valence electrons. The maximum atomic E-state index is 10.2. The number of aliphatic hydroxyl groups is 1. The normalized spacial score (nSPS) is 37.6. The van der Waals surface area contributed by atoms with Crippen molar-refractivity contribution >= 4 is 0 Å². The van der Waals surface area contributed by atoms with Crippen molar-refractivity contribution < 1.29 is 14.6 Å². The zero-order valence-corrected chi connectivity index (χ0v) is 9.58. The lowest BCUT2D eigenvalue weighted by atomic mass is 9.71. The van der Waals surface area contributed by atoms with Crippen molar-refractivity contribution in [3.05, 3.63) is 0 Å². The first-order valence-corrected chi connectivity index (χ1v) is 6.13. The first-order valence-electron chi connectivity index (χ1n) is 6.13. The van der Waals surface area contributed by atoms with Gasteiger partial charge in [0.1, 0.15) is 0 Å². The Hall–Kier alpha value is -0.120. The van der Waals surface area contributed by atoms with E-state index < -0.39 is 5.60 Å². The molecule has 0 atom stereocenters. The van der Waals surface area contributed by atoms with Gasteiger partial charge in [-0.25, -0.2) is 0 Å². The molecule has 1 heterocycles. The molecule has 1 N–H and O–H groups in total. The minimum Gasteiger partial charge on any atom is -0.390 e. The second kappa shape index (κ2) is 4.81. The topological polar surface area (TPSA) is 38.7 Å². The van der Waals surface area contributed by atoms with Crippen molar-refractivity contribution in [1.82, 2.24) is 0 Å². The van der Waals surface area contributed by atoms with Crippen LogP contribution in [-0.4, -0.2) is 36.6 Å². The van der Waals surface area contributed by atoms with Gasteiger partial charge in [-0.2, -0.15) is 0 Å². The van der Waals surface area contributed by atoms with Crippen molar-refractivity contribution in [3.63, 3.8) is 0 Å². The average molecular weight is 214 g/mol. The van der Waals surface area contributed by atoms with Crippen LogP contribution in [0, 0.1) is 5.92 Å². The molecule has 0 spiro atoms. The smallest absolute Gasteiger partial charge is 0.0699 e. The molecule has 3 heteroatoms. The zero-order chi connectivity index (χ0) is 10.7. The van der Waals surface area contributed by atoms with Gasteiger partial charge in [-0.3, -0.25) is 0 Å². The van der Waals surface area contributed by atoms with Crippen LogP contribution in [0.15, 0.2) is 0 Å². The van der Waals surface area contributed by atoms with Gasteiger partial charge in [0.2, 0.25) is 0 Å². The zero-order valence-electron chi connectivity index (χ0n) is 9.58. The van der Waals surface area contributed by atoms with Gasteiger partial charge in [0.25, 0.3) is 0 Å². The Labute approximate surface area is 91.8 Å². The molecule has 0 aromatic carbocycles. The third-order valence-electron chi connectivity index (χ3n) is 3.63. The third-order valence-corrected chi connectivity index (χ3v) is 3.63. The highest BCUT2D eigenvalue weighted by Gasteiger charge is 2.44. The van der Waals surface area contributed by atoms with E-state index in [4.69, 9.17) is 9.47 Å². The van der Waals surface area contributed by atoms with E-state index in [0.717, 1.165) is 51.9 Å². The van der Waals surface area contributed by atoms with Crippen molar-refractivity contribution in [2.75, 3.05) is 19.8 Å². The van der Waals surface area contributed by atoms with Gasteiger partial charge in [-0.1, -0.05) is 0 Å². The summed E-state index contributed by atoms with van der Waals surface area (Å²) in [6.07, 6.45) is 5.14. The third kappa shape index (κ3) is 2.92. The molecule has 1 aliphatic heterocycles. The van der Waals surface area contributed by atoms with Crippen molar-refractivity contribution in [2.24, 2.45) is 5.92 Å². The van der Waals surface area contributed by atoms with Crippen molar-refractivity contribution in [2.45, 2.75) is 50.7 Å². The fraction of sp³-hybridized carbons (Fsp3) is 1.00. The Morgan fingerprint density at radius 1 is 1.33 bits per heavy atom. The first kappa shape index (κ1) is 11.4. The van der Waals surface area contributed by atoms with E-state index in [1.807, 2.05) is 6.92 Å². The Kier molecular flexibility index (Phi) is 3.65. The van der Waals surface area contributed by atoms with Crippen LogP contribution in [0.4, 0.5) is 0 Å². The summed E-state index contributed by atoms with van der Waals surface area (Å²) in [4.78, 5) is 0. The number of hydrogen-bond acceptors (Lipinski definition) is 3. The van der Waals surface area contributed by atoms with Crippen LogP contribution in [-0.2, 0) is 9.47 Å². The average Bonchev–Trinajstić information content (AvgIpc) is 2.17. The highest BCUT2D eigenvalue weighted by atomic mass is 16.5. The van der Waals surface area contributed by atoms with Gasteiger partial charge in [0, 0.05) is 32.7 Å². The Bertz CT molecular complexity index is 193. The number of hydrogen-bond donors (Lipinski definition) is 1. The summed E-state index contributed by atoms with van der Waals surface area (Å²) >= 11 is 0. The van der Waals surface area contributed by atoms with Crippen LogP contribution in [0.25, 0.3) is 0 Å². The summed E-state index contributed by atoms with van der Waals surface area (Å²) in [7, 11) is 0.